The first kappa shape index (κ1) is 41.8. The molecule has 4 aromatic heterocycles. The second kappa shape index (κ2) is 16.8. The Bertz CT molecular complexity index is 1930. The molecule has 0 spiro atoms. The number of rotatable bonds is 12. The van der Waals surface area contributed by atoms with Gasteiger partial charge in [-0.15, -0.1) is 0 Å². The van der Waals surface area contributed by atoms with Gasteiger partial charge in [-0.2, -0.15) is 13.2 Å². The van der Waals surface area contributed by atoms with Gasteiger partial charge in [-0.1, -0.05) is 11.3 Å². The van der Waals surface area contributed by atoms with Crippen molar-refractivity contribution in [3.8, 4) is 0 Å². The minimum atomic E-state index is -5.53. The molecule has 278 valence electrons. The number of hydrogen-bond acceptors (Lipinski definition) is 18. The number of ether oxygens (including phenoxy) is 1. The minimum absolute atomic E-state index is 0. The van der Waals surface area contributed by atoms with E-state index in [1.54, 1.807) is 18.6 Å². The van der Waals surface area contributed by atoms with Crippen molar-refractivity contribution in [2.24, 2.45) is 0 Å². The summed E-state index contributed by atoms with van der Waals surface area (Å²) in [6, 6.07) is 0. The Hall–Kier alpha value is -2.60. The monoisotopic (exact) mass is 807 g/mol. The second-order valence-corrected chi connectivity index (χ2v) is 15.5. The highest BCUT2D eigenvalue weighted by Crippen LogP contribution is 2.66. The zero-order valence-corrected chi connectivity index (χ0v) is 30.1. The topological polar surface area (TPSA) is 355 Å². The summed E-state index contributed by atoms with van der Waals surface area (Å²) in [5.74, 6) is 1.13. The molecule has 50 heavy (non-hydrogen) atoms. The van der Waals surface area contributed by atoms with Crippen LogP contribution in [-0.2, 0) is 44.5 Å². The van der Waals surface area contributed by atoms with Gasteiger partial charge in [0.25, 0.3) is 0 Å². The van der Waals surface area contributed by atoms with Crippen molar-refractivity contribution < 1.29 is 83.4 Å². The summed E-state index contributed by atoms with van der Waals surface area (Å²) in [6.45, 7) is 3.16. The molecule has 4 aromatic rings. The summed E-state index contributed by atoms with van der Waals surface area (Å²) in [6.07, 6.45) is 0.344. The Morgan fingerprint density at radius 3 is 2.32 bits per heavy atom. The number of hydrogen-bond donors (Lipinski definition) is 9. The molecule has 1 aliphatic heterocycles. The van der Waals surface area contributed by atoms with E-state index in [-0.39, 0.29) is 31.3 Å². The number of phosphoric ester groups is 1. The third kappa shape index (κ3) is 10.7. The first-order chi connectivity index (χ1) is 22.8. The van der Waals surface area contributed by atoms with Crippen molar-refractivity contribution in [1.29, 1.82) is 0 Å². The highest BCUT2D eigenvalue weighted by Gasteiger charge is 2.44. The SMILES string of the molecule is Cc1ncc(C[n+]2csc(CCOP(=O)(O)OP(=O)(O)OP(=O)(O)O)c2C)c(N)n1.Nc1ncnc2c1ncn2[C@@H]1O[C@H](CO)[C@@H](O)[C@H]1O.[Cl-]. The van der Waals surface area contributed by atoms with E-state index in [0.717, 1.165) is 10.6 Å². The molecule has 1 fully saturated rings. The van der Waals surface area contributed by atoms with Crippen molar-refractivity contribution in [1.82, 2.24) is 29.5 Å². The van der Waals surface area contributed by atoms with Gasteiger partial charge in [0.2, 0.25) is 5.51 Å². The quantitative estimate of drug-likeness (QED) is 0.0486. The lowest BCUT2D eigenvalue weighted by Crippen LogP contribution is -3.00. The fraction of sp³-hybridized carbons (Fsp3) is 0.455. The van der Waals surface area contributed by atoms with Gasteiger partial charge in [-0.3, -0.25) is 9.09 Å². The Morgan fingerprint density at radius 2 is 1.70 bits per heavy atom. The lowest BCUT2D eigenvalue weighted by Gasteiger charge is -2.16. The normalized spacial score (nSPS) is 21.5. The van der Waals surface area contributed by atoms with Crippen LogP contribution in [0.5, 0.6) is 0 Å². The van der Waals surface area contributed by atoms with Gasteiger partial charge in [0.05, 0.1) is 30.0 Å². The molecule has 0 radical (unpaired) electrons. The lowest BCUT2D eigenvalue weighted by atomic mass is 10.1. The predicted molar refractivity (Wildman–Crippen MR) is 166 cm³/mol. The number of imidazole rings is 1. The number of nitrogens with zero attached hydrogens (tertiary/aromatic N) is 7. The summed E-state index contributed by atoms with van der Waals surface area (Å²) in [5.41, 5.74) is 15.7. The van der Waals surface area contributed by atoms with Crippen molar-refractivity contribution in [2.45, 2.75) is 51.4 Å². The zero-order valence-electron chi connectivity index (χ0n) is 25.8. The molecule has 0 saturated carbocycles. The van der Waals surface area contributed by atoms with Crippen molar-refractivity contribution >= 4 is 57.6 Å². The van der Waals surface area contributed by atoms with Gasteiger partial charge in [0.1, 0.15) is 41.8 Å². The molecule has 5 heterocycles. The highest BCUT2D eigenvalue weighted by atomic mass is 35.5. The molecular formula is C22H33ClN9O14P3S. The van der Waals surface area contributed by atoms with Crippen LogP contribution in [0.15, 0.2) is 24.4 Å². The molecule has 6 atom stereocenters. The molecule has 0 aromatic carbocycles. The van der Waals surface area contributed by atoms with Crippen LogP contribution in [0.3, 0.4) is 0 Å². The number of aromatic nitrogens is 7. The van der Waals surface area contributed by atoms with Crippen LogP contribution in [0.25, 0.3) is 11.2 Å². The predicted octanol–water partition coefficient (Wildman–Crippen LogP) is -4.02. The summed E-state index contributed by atoms with van der Waals surface area (Å²) in [4.78, 5) is 56.4. The van der Waals surface area contributed by atoms with E-state index in [1.807, 2.05) is 11.5 Å². The maximum atomic E-state index is 11.7. The van der Waals surface area contributed by atoms with Crippen LogP contribution in [-0.4, -0.2) is 95.9 Å². The Kier molecular flexibility index (Phi) is 14.1. The van der Waals surface area contributed by atoms with Crippen LogP contribution in [0.4, 0.5) is 11.6 Å². The standard InChI is InChI=1S/C12H19N4O10P3S.C10H13N5O4.ClH/c1-8-11(30-7-16(8)6-10-5-14-9(2)15-12(10)13)3-4-24-28(20,21)26-29(22,23)25-27(17,18)19;11-8-5-9(13-2-12-8)15(3-14-5)10-7(18)6(17)4(1-16)19-10;/h5,7H,3-4,6H2,1-2H3,(H5-,13,14,15,17,18,19,20,21,22,23);2-4,6-7,10,16-18H,1H2,(H2,11,12,13);1H/t;4-,6-,7-,10-;/m.1./s1. The number of thiazole rings is 1. The van der Waals surface area contributed by atoms with Crippen LogP contribution in [0.1, 0.15) is 28.2 Å². The largest absolute Gasteiger partial charge is 1.00 e. The number of aliphatic hydroxyl groups is 3. The number of fused-ring (bicyclic) bond motifs is 1. The van der Waals surface area contributed by atoms with E-state index in [0.29, 0.717) is 34.9 Å². The highest BCUT2D eigenvalue weighted by molar-refractivity contribution is 7.66. The summed E-state index contributed by atoms with van der Waals surface area (Å²) < 4.78 is 54.2. The molecule has 1 aliphatic rings. The Morgan fingerprint density at radius 1 is 1.00 bits per heavy atom. The van der Waals surface area contributed by atoms with Crippen LogP contribution < -0.4 is 28.4 Å². The third-order valence-corrected chi connectivity index (χ3v) is 11.7. The maximum Gasteiger partial charge on any atom is 0.490 e. The first-order valence-electron chi connectivity index (χ1n) is 13.7. The van der Waals surface area contributed by atoms with E-state index in [4.69, 9.17) is 36.0 Å². The fourth-order valence-corrected chi connectivity index (χ4v) is 8.38. The molecule has 1 saturated heterocycles. The van der Waals surface area contributed by atoms with Crippen LogP contribution >= 0.6 is 34.8 Å². The number of phosphoric acid groups is 3. The number of nitrogen functional groups attached to an aromatic ring is 2. The van der Waals surface area contributed by atoms with Gasteiger partial charge in [0.15, 0.2) is 29.9 Å². The summed E-state index contributed by atoms with van der Waals surface area (Å²) in [7, 11) is -16.1. The average molecular weight is 808 g/mol. The van der Waals surface area contributed by atoms with E-state index in [9.17, 15) is 28.8 Å². The zero-order chi connectivity index (χ0) is 36.3. The molecule has 0 bridgehead atoms. The third-order valence-electron chi connectivity index (χ3n) is 6.69. The molecule has 5 rings (SSSR count). The summed E-state index contributed by atoms with van der Waals surface area (Å²) >= 11 is 1.33. The smallest absolute Gasteiger partial charge is 0.490 e. The van der Waals surface area contributed by atoms with E-state index < -0.39 is 54.6 Å². The van der Waals surface area contributed by atoms with Crippen molar-refractivity contribution in [3.05, 3.63) is 46.3 Å². The number of anilines is 2. The average Bonchev–Trinajstić information content (AvgIpc) is 3.65. The van der Waals surface area contributed by atoms with Crippen LogP contribution in [0.2, 0.25) is 0 Å². The minimum Gasteiger partial charge on any atom is -1.00 e. The molecule has 0 amide bonds. The number of aliphatic hydroxyl groups excluding tert-OH is 3. The molecule has 28 heteroatoms. The summed E-state index contributed by atoms with van der Waals surface area (Å²) in [5, 5.41) is 28.7. The maximum absolute atomic E-state index is 11.7. The number of nitrogens with two attached hydrogens (primary N) is 2. The molecule has 11 N–H and O–H groups in total. The Labute approximate surface area is 292 Å². The van der Waals surface area contributed by atoms with Gasteiger partial charge < -0.3 is 63.5 Å². The van der Waals surface area contributed by atoms with E-state index in [2.05, 4.69) is 38.1 Å². The van der Waals surface area contributed by atoms with E-state index in [1.165, 1.54) is 28.6 Å². The lowest BCUT2D eigenvalue weighted by molar-refractivity contribution is -0.689. The second-order valence-electron chi connectivity index (χ2n) is 10.2. The van der Waals surface area contributed by atoms with Gasteiger partial charge in [0, 0.05) is 19.5 Å². The molecule has 23 nitrogen and oxygen atoms in total. The van der Waals surface area contributed by atoms with Crippen molar-refractivity contribution in [3.63, 3.8) is 0 Å². The van der Waals surface area contributed by atoms with Crippen molar-refractivity contribution in [2.75, 3.05) is 24.7 Å². The van der Waals surface area contributed by atoms with Crippen LogP contribution in [0, 0.1) is 13.8 Å². The first-order valence-corrected chi connectivity index (χ1v) is 19.1. The van der Waals surface area contributed by atoms with Gasteiger partial charge in [-0.25, -0.2) is 38.6 Å². The Balaban J connectivity index is 0.000000290. The molecule has 2 unspecified atom stereocenters. The van der Waals surface area contributed by atoms with E-state index >= 15 is 0 Å². The number of aryl methyl sites for hydroxylation is 1. The van der Waals surface area contributed by atoms with Gasteiger partial charge in [-0.05, 0) is 6.92 Å². The van der Waals surface area contributed by atoms with Gasteiger partial charge >= 0.3 is 23.5 Å². The number of halogens is 1. The molecular weight excluding hydrogens is 775 g/mol. The molecule has 0 aliphatic carbocycles. The fourth-order valence-electron chi connectivity index (χ4n) is 4.39.